The zero-order valence-electron chi connectivity index (χ0n) is 8.74. The summed E-state index contributed by atoms with van der Waals surface area (Å²) in [6.45, 7) is 2.92. The minimum Gasteiger partial charge on any atom is -0.378 e. The van der Waals surface area contributed by atoms with E-state index < -0.39 is 0 Å². The molecule has 0 amide bonds. The third-order valence-corrected chi connectivity index (χ3v) is 2.76. The van der Waals surface area contributed by atoms with Gasteiger partial charge in [-0.2, -0.15) is 0 Å². The van der Waals surface area contributed by atoms with Crippen molar-refractivity contribution in [3.63, 3.8) is 0 Å². The fraction of sp³-hybridized carbons (Fsp3) is 0.545. The third-order valence-electron chi connectivity index (χ3n) is 2.55. The van der Waals surface area contributed by atoms with E-state index in [0.717, 1.165) is 25.3 Å². The SMILES string of the molecule is CC1CC(Nc2cccc(Cl)n2)CCO1. The van der Waals surface area contributed by atoms with Gasteiger partial charge >= 0.3 is 0 Å². The minimum atomic E-state index is 0.329. The van der Waals surface area contributed by atoms with Gasteiger partial charge in [0.25, 0.3) is 0 Å². The predicted molar refractivity (Wildman–Crippen MR) is 61.3 cm³/mol. The van der Waals surface area contributed by atoms with Crippen molar-refractivity contribution in [3.8, 4) is 0 Å². The molecule has 2 heterocycles. The Balaban J connectivity index is 1.96. The van der Waals surface area contributed by atoms with Gasteiger partial charge in [-0.25, -0.2) is 4.98 Å². The molecule has 2 rings (SSSR count). The van der Waals surface area contributed by atoms with Crippen LogP contribution in [0.4, 0.5) is 5.82 Å². The smallest absolute Gasteiger partial charge is 0.131 e. The lowest BCUT2D eigenvalue weighted by atomic mass is 10.0. The first-order chi connectivity index (χ1) is 7.24. The maximum atomic E-state index is 5.82. The predicted octanol–water partition coefficient (Wildman–Crippen LogP) is 2.71. The van der Waals surface area contributed by atoms with E-state index in [2.05, 4.69) is 17.2 Å². The number of ether oxygens (including phenoxy) is 1. The van der Waals surface area contributed by atoms with Crippen LogP contribution in [-0.2, 0) is 4.74 Å². The molecule has 4 heteroatoms. The van der Waals surface area contributed by atoms with Gasteiger partial charge in [-0.05, 0) is 31.9 Å². The Morgan fingerprint density at radius 2 is 2.40 bits per heavy atom. The highest BCUT2D eigenvalue weighted by Gasteiger charge is 2.19. The van der Waals surface area contributed by atoms with Gasteiger partial charge < -0.3 is 10.1 Å². The summed E-state index contributed by atoms with van der Waals surface area (Å²) in [5.74, 6) is 0.849. The number of aromatic nitrogens is 1. The number of nitrogens with one attached hydrogen (secondary N) is 1. The maximum Gasteiger partial charge on any atom is 0.131 e. The molecule has 1 aliphatic rings. The molecule has 1 fully saturated rings. The van der Waals surface area contributed by atoms with Crippen molar-refractivity contribution in [3.05, 3.63) is 23.4 Å². The van der Waals surface area contributed by atoms with Crippen LogP contribution >= 0.6 is 11.6 Å². The molecule has 3 nitrogen and oxygen atoms in total. The largest absolute Gasteiger partial charge is 0.378 e. The zero-order chi connectivity index (χ0) is 10.7. The molecule has 15 heavy (non-hydrogen) atoms. The van der Waals surface area contributed by atoms with Crippen molar-refractivity contribution in [2.45, 2.75) is 31.9 Å². The van der Waals surface area contributed by atoms with Crippen molar-refractivity contribution >= 4 is 17.4 Å². The molecule has 0 radical (unpaired) electrons. The zero-order valence-corrected chi connectivity index (χ0v) is 9.50. The van der Waals surface area contributed by atoms with Crippen LogP contribution in [0.5, 0.6) is 0 Å². The van der Waals surface area contributed by atoms with E-state index in [-0.39, 0.29) is 0 Å². The average Bonchev–Trinajstić information content (AvgIpc) is 2.17. The van der Waals surface area contributed by atoms with Gasteiger partial charge in [-0.1, -0.05) is 17.7 Å². The van der Waals surface area contributed by atoms with Crippen molar-refractivity contribution in [1.82, 2.24) is 4.98 Å². The highest BCUT2D eigenvalue weighted by Crippen LogP contribution is 2.18. The van der Waals surface area contributed by atoms with E-state index in [1.54, 1.807) is 6.07 Å². The lowest BCUT2D eigenvalue weighted by molar-refractivity contribution is 0.0232. The lowest BCUT2D eigenvalue weighted by Crippen LogP contribution is -2.32. The Kier molecular flexibility index (Phi) is 3.44. The Labute approximate surface area is 94.8 Å². The molecule has 2 unspecified atom stereocenters. The van der Waals surface area contributed by atoms with E-state index in [0.29, 0.717) is 17.3 Å². The van der Waals surface area contributed by atoms with Gasteiger partial charge in [0, 0.05) is 12.6 Å². The molecule has 1 saturated heterocycles. The first-order valence-corrected chi connectivity index (χ1v) is 5.62. The van der Waals surface area contributed by atoms with Crippen LogP contribution < -0.4 is 5.32 Å². The second kappa shape index (κ2) is 4.81. The van der Waals surface area contributed by atoms with E-state index in [9.17, 15) is 0 Å². The number of nitrogens with zero attached hydrogens (tertiary/aromatic N) is 1. The number of pyridine rings is 1. The number of hydrogen-bond donors (Lipinski definition) is 1. The Morgan fingerprint density at radius 1 is 1.53 bits per heavy atom. The molecule has 0 spiro atoms. The van der Waals surface area contributed by atoms with E-state index in [1.165, 1.54) is 0 Å². The molecule has 0 saturated carbocycles. The van der Waals surface area contributed by atoms with Gasteiger partial charge in [0.15, 0.2) is 0 Å². The third kappa shape index (κ3) is 3.08. The van der Waals surface area contributed by atoms with Crippen molar-refractivity contribution in [1.29, 1.82) is 0 Å². The molecule has 1 N–H and O–H groups in total. The summed E-state index contributed by atoms with van der Waals surface area (Å²) in [7, 11) is 0. The van der Waals surface area contributed by atoms with Crippen LogP contribution in [0.1, 0.15) is 19.8 Å². The summed E-state index contributed by atoms with van der Waals surface area (Å²) in [6, 6.07) is 6.06. The topological polar surface area (TPSA) is 34.2 Å². The molecule has 0 bridgehead atoms. The standard InChI is InChI=1S/C11H15ClN2O/c1-8-7-9(5-6-15-8)13-11-4-2-3-10(12)14-11/h2-4,8-9H,5-7H2,1H3,(H,13,14). The van der Waals surface area contributed by atoms with E-state index in [4.69, 9.17) is 16.3 Å². The summed E-state index contributed by atoms with van der Waals surface area (Å²) >= 11 is 5.82. The second-order valence-corrected chi connectivity index (χ2v) is 4.28. The highest BCUT2D eigenvalue weighted by molar-refractivity contribution is 6.29. The van der Waals surface area contributed by atoms with E-state index >= 15 is 0 Å². The number of halogens is 1. The Bertz CT molecular complexity index is 332. The number of hydrogen-bond acceptors (Lipinski definition) is 3. The van der Waals surface area contributed by atoms with Gasteiger partial charge in [0.05, 0.1) is 6.10 Å². The number of rotatable bonds is 2. The summed E-state index contributed by atoms with van der Waals surface area (Å²) in [5.41, 5.74) is 0. The van der Waals surface area contributed by atoms with Crippen LogP contribution in [0.3, 0.4) is 0 Å². The summed E-state index contributed by atoms with van der Waals surface area (Å²) in [5, 5.41) is 3.90. The minimum absolute atomic E-state index is 0.329. The first-order valence-electron chi connectivity index (χ1n) is 5.25. The lowest BCUT2D eigenvalue weighted by Gasteiger charge is -2.28. The van der Waals surface area contributed by atoms with Crippen LogP contribution in [0.25, 0.3) is 0 Å². The van der Waals surface area contributed by atoms with E-state index in [1.807, 2.05) is 12.1 Å². The molecule has 2 atom stereocenters. The first kappa shape index (κ1) is 10.7. The molecule has 1 aromatic rings. The van der Waals surface area contributed by atoms with Gasteiger partial charge in [-0.3, -0.25) is 0 Å². The second-order valence-electron chi connectivity index (χ2n) is 3.89. The molecule has 1 aliphatic heterocycles. The fourth-order valence-corrected chi connectivity index (χ4v) is 1.99. The Morgan fingerprint density at radius 3 is 3.13 bits per heavy atom. The van der Waals surface area contributed by atoms with Crippen LogP contribution in [0, 0.1) is 0 Å². The molecule has 0 aliphatic carbocycles. The monoisotopic (exact) mass is 226 g/mol. The molecular weight excluding hydrogens is 212 g/mol. The van der Waals surface area contributed by atoms with Crippen molar-refractivity contribution in [2.75, 3.05) is 11.9 Å². The summed E-state index contributed by atoms with van der Waals surface area (Å²) in [6.07, 6.45) is 2.38. The molecule has 0 aromatic carbocycles. The average molecular weight is 227 g/mol. The number of anilines is 1. The van der Waals surface area contributed by atoms with Crippen molar-refractivity contribution in [2.24, 2.45) is 0 Å². The van der Waals surface area contributed by atoms with Crippen LogP contribution in [-0.4, -0.2) is 23.7 Å². The fourth-order valence-electron chi connectivity index (χ4n) is 1.83. The molecule has 82 valence electrons. The van der Waals surface area contributed by atoms with Crippen LogP contribution in [0.2, 0.25) is 5.15 Å². The van der Waals surface area contributed by atoms with Crippen LogP contribution in [0.15, 0.2) is 18.2 Å². The Hall–Kier alpha value is -0.800. The highest BCUT2D eigenvalue weighted by atomic mass is 35.5. The summed E-state index contributed by atoms with van der Waals surface area (Å²) < 4.78 is 5.48. The maximum absolute atomic E-state index is 5.82. The normalized spacial score (nSPS) is 26.3. The molecular formula is C11H15ClN2O. The summed E-state index contributed by atoms with van der Waals surface area (Å²) in [4.78, 5) is 4.21. The quantitative estimate of drug-likeness (QED) is 0.788. The van der Waals surface area contributed by atoms with Gasteiger partial charge in [0.2, 0.25) is 0 Å². The van der Waals surface area contributed by atoms with Crippen molar-refractivity contribution < 1.29 is 4.74 Å². The van der Waals surface area contributed by atoms with Gasteiger partial charge in [-0.15, -0.1) is 0 Å². The molecule has 1 aromatic heterocycles. The van der Waals surface area contributed by atoms with Gasteiger partial charge in [0.1, 0.15) is 11.0 Å².